The average molecular weight is 358 g/mol. The van der Waals surface area contributed by atoms with E-state index in [0.29, 0.717) is 28.3 Å². The summed E-state index contributed by atoms with van der Waals surface area (Å²) in [6.07, 6.45) is 6.11. The van der Waals surface area contributed by atoms with Gasteiger partial charge in [0.15, 0.2) is 11.6 Å². The zero-order valence-electron chi connectivity index (χ0n) is 13.8. The molecule has 2 heterocycles. The normalized spacial score (nSPS) is 10.4. The van der Waals surface area contributed by atoms with E-state index >= 15 is 0 Å². The van der Waals surface area contributed by atoms with Crippen LogP contribution in [0.25, 0.3) is 10.9 Å². The number of hydrogen-bond donors (Lipinski definition) is 1. The molecule has 130 valence electrons. The summed E-state index contributed by atoms with van der Waals surface area (Å²) in [7, 11) is 0. The van der Waals surface area contributed by atoms with Gasteiger partial charge in [0.25, 0.3) is 0 Å². The number of rotatable bonds is 4. The standard InChI is InChI=1S/C19H11FN6O/c20-15-3-1-2-12(9-21)18(15)27-13-4-5-16-14(8-13)19(25-11-24-16)26-17-10-22-6-7-23-17/h1-8,10-11H,(H,23,24,25,26). The third-order valence-electron chi connectivity index (χ3n) is 3.72. The van der Waals surface area contributed by atoms with Gasteiger partial charge in [0, 0.05) is 17.8 Å². The first-order chi connectivity index (χ1) is 13.2. The van der Waals surface area contributed by atoms with Gasteiger partial charge in [-0.3, -0.25) is 4.98 Å². The Morgan fingerprint density at radius 3 is 2.81 bits per heavy atom. The molecule has 2 aromatic carbocycles. The molecule has 0 unspecified atom stereocenters. The maximum atomic E-state index is 14.1. The minimum atomic E-state index is -0.614. The Labute approximate surface area is 153 Å². The quantitative estimate of drug-likeness (QED) is 0.589. The van der Waals surface area contributed by atoms with E-state index in [2.05, 4.69) is 25.3 Å². The van der Waals surface area contributed by atoms with Gasteiger partial charge in [-0.1, -0.05) is 6.07 Å². The van der Waals surface area contributed by atoms with Gasteiger partial charge >= 0.3 is 0 Å². The fourth-order valence-electron chi connectivity index (χ4n) is 2.50. The maximum absolute atomic E-state index is 14.1. The molecule has 0 saturated heterocycles. The molecule has 27 heavy (non-hydrogen) atoms. The van der Waals surface area contributed by atoms with Crippen LogP contribution >= 0.6 is 0 Å². The van der Waals surface area contributed by atoms with Crippen LogP contribution in [0, 0.1) is 17.1 Å². The smallest absolute Gasteiger partial charge is 0.180 e. The summed E-state index contributed by atoms with van der Waals surface area (Å²) in [4.78, 5) is 16.6. The van der Waals surface area contributed by atoms with Crippen molar-refractivity contribution in [2.24, 2.45) is 0 Å². The molecular formula is C19H11FN6O. The summed E-state index contributed by atoms with van der Waals surface area (Å²) in [6.45, 7) is 0. The van der Waals surface area contributed by atoms with E-state index in [1.54, 1.807) is 36.8 Å². The Balaban J connectivity index is 1.74. The molecular weight excluding hydrogens is 347 g/mol. The van der Waals surface area contributed by atoms with E-state index in [1.807, 2.05) is 6.07 Å². The van der Waals surface area contributed by atoms with Gasteiger partial charge in [-0.2, -0.15) is 5.26 Å². The van der Waals surface area contributed by atoms with Gasteiger partial charge in [-0.25, -0.2) is 19.3 Å². The zero-order valence-corrected chi connectivity index (χ0v) is 13.8. The lowest BCUT2D eigenvalue weighted by Gasteiger charge is -2.11. The van der Waals surface area contributed by atoms with Crippen molar-refractivity contribution in [2.75, 3.05) is 5.32 Å². The molecule has 7 nitrogen and oxygen atoms in total. The van der Waals surface area contributed by atoms with Gasteiger partial charge in [-0.15, -0.1) is 0 Å². The van der Waals surface area contributed by atoms with E-state index in [-0.39, 0.29) is 11.3 Å². The molecule has 4 aromatic rings. The monoisotopic (exact) mass is 358 g/mol. The van der Waals surface area contributed by atoms with Crippen molar-refractivity contribution >= 4 is 22.5 Å². The number of ether oxygens (including phenoxy) is 1. The van der Waals surface area contributed by atoms with Gasteiger partial charge in [0.1, 0.15) is 29.8 Å². The number of fused-ring (bicyclic) bond motifs is 1. The third kappa shape index (κ3) is 3.34. The van der Waals surface area contributed by atoms with Crippen LogP contribution < -0.4 is 10.1 Å². The molecule has 0 amide bonds. The predicted octanol–water partition coefficient (Wildman–Crippen LogP) is 3.97. The van der Waals surface area contributed by atoms with E-state index in [9.17, 15) is 4.39 Å². The van der Waals surface area contributed by atoms with Crippen LogP contribution in [0.1, 0.15) is 5.56 Å². The Morgan fingerprint density at radius 1 is 1.07 bits per heavy atom. The number of anilines is 2. The molecule has 0 aliphatic rings. The van der Waals surface area contributed by atoms with Crippen molar-refractivity contribution in [3.8, 4) is 17.6 Å². The third-order valence-corrected chi connectivity index (χ3v) is 3.72. The number of nitrogens with one attached hydrogen (secondary N) is 1. The van der Waals surface area contributed by atoms with Crippen molar-refractivity contribution < 1.29 is 9.13 Å². The fourth-order valence-corrected chi connectivity index (χ4v) is 2.50. The zero-order chi connectivity index (χ0) is 18.6. The van der Waals surface area contributed by atoms with Crippen LogP contribution in [0.4, 0.5) is 16.0 Å². The molecule has 0 fully saturated rings. The van der Waals surface area contributed by atoms with Crippen molar-refractivity contribution in [1.29, 1.82) is 5.26 Å². The Kier molecular flexibility index (Phi) is 4.25. The number of benzene rings is 2. The number of nitrogens with zero attached hydrogens (tertiary/aromatic N) is 5. The van der Waals surface area contributed by atoms with E-state index < -0.39 is 5.82 Å². The molecule has 0 spiro atoms. The van der Waals surface area contributed by atoms with Crippen molar-refractivity contribution in [3.05, 3.63) is 72.7 Å². The molecule has 8 heteroatoms. The van der Waals surface area contributed by atoms with Crippen LogP contribution in [0.5, 0.6) is 11.5 Å². The second-order valence-electron chi connectivity index (χ2n) is 5.45. The van der Waals surface area contributed by atoms with Crippen molar-refractivity contribution in [1.82, 2.24) is 19.9 Å². The summed E-state index contributed by atoms with van der Waals surface area (Å²) in [5.41, 5.74) is 0.773. The minimum absolute atomic E-state index is 0.109. The number of nitriles is 1. The van der Waals surface area contributed by atoms with Gasteiger partial charge in [0.05, 0.1) is 17.3 Å². The molecule has 4 rings (SSSR count). The topological polar surface area (TPSA) is 96.6 Å². The highest BCUT2D eigenvalue weighted by Crippen LogP contribution is 2.31. The van der Waals surface area contributed by atoms with Crippen LogP contribution in [-0.2, 0) is 0 Å². The number of halogens is 1. The van der Waals surface area contributed by atoms with E-state index in [1.165, 1.54) is 24.5 Å². The van der Waals surface area contributed by atoms with Crippen LogP contribution in [0.15, 0.2) is 61.3 Å². The van der Waals surface area contributed by atoms with E-state index in [4.69, 9.17) is 10.00 Å². The van der Waals surface area contributed by atoms with Gasteiger partial charge in [-0.05, 0) is 30.3 Å². The number of aromatic nitrogens is 4. The van der Waals surface area contributed by atoms with Gasteiger partial charge in [0.2, 0.25) is 0 Å². The lowest BCUT2D eigenvalue weighted by atomic mass is 10.2. The molecule has 1 N–H and O–H groups in total. The van der Waals surface area contributed by atoms with Crippen molar-refractivity contribution in [2.45, 2.75) is 0 Å². The van der Waals surface area contributed by atoms with Crippen LogP contribution in [0.2, 0.25) is 0 Å². The maximum Gasteiger partial charge on any atom is 0.180 e. The highest BCUT2D eigenvalue weighted by Gasteiger charge is 2.12. The first-order valence-electron chi connectivity index (χ1n) is 7.89. The number of hydrogen-bond acceptors (Lipinski definition) is 7. The lowest BCUT2D eigenvalue weighted by molar-refractivity contribution is 0.441. The SMILES string of the molecule is N#Cc1cccc(F)c1Oc1ccc2ncnc(Nc3cnccn3)c2c1. The van der Waals surface area contributed by atoms with Gasteiger partial charge < -0.3 is 10.1 Å². The molecule has 2 aromatic heterocycles. The highest BCUT2D eigenvalue weighted by molar-refractivity contribution is 5.91. The van der Waals surface area contributed by atoms with Crippen LogP contribution in [0.3, 0.4) is 0 Å². The Bertz CT molecular complexity index is 1160. The summed E-state index contributed by atoms with van der Waals surface area (Å²) < 4.78 is 19.7. The largest absolute Gasteiger partial charge is 0.453 e. The fraction of sp³-hybridized carbons (Fsp3) is 0. The molecule has 0 saturated carbocycles. The Hall–Kier alpha value is -4.12. The molecule has 0 aliphatic heterocycles. The molecule has 0 bridgehead atoms. The highest BCUT2D eigenvalue weighted by atomic mass is 19.1. The lowest BCUT2D eigenvalue weighted by Crippen LogP contribution is -1.98. The molecule has 0 aliphatic carbocycles. The molecule has 0 atom stereocenters. The second-order valence-corrected chi connectivity index (χ2v) is 5.45. The second kappa shape index (κ2) is 7.01. The predicted molar refractivity (Wildman–Crippen MR) is 96.0 cm³/mol. The summed E-state index contributed by atoms with van der Waals surface area (Å²) >= 11 is 0. The van der Waals surface area contributed by atoms with E-state index in [0.717, 1.165) is 0 Å². The summed E-state index contributed by atoms with van der Waals surface area (Å²) in [5, 5.41) is 12.9. The number of para-hydroxylation sites is 1. The summed E-state index contributed by atoms with van der Waals surface area (Å²) in [6, 6.07) is 11.1. The summed E-state index contributed by atoms with van der Waals surface area (Å²) in [5.74, 6) is 0.627. The van der Waals surface area contributed by atoms with Crippen molar-refractivity contribution in [3.63, 3.8) is 0 Å². The average Bonchev–Trinajstić information content (AvgIpc) is 2.71. The Morgan fingerprint density at radius 2 is 2.00 bits per heavy atom. The first-order valence-corrected chi connectivity index (χ1v) is 7.89. The first kappa shape index (κ1) is 16.4. The van der Waals surface area contributed by atoms with Crippen LogP contribution in [-0.4, -0.2) is 19.9 Å². The molecule has 0 radical (unpaired) electrons. The minimum Gasteiger partial charge on any atom is -0.453 e.